The molecule has 25 heavy (non-hydrogen) atoms. The summed E-state index contributed by atoms with van der Waals surface area (Å²) in [5.41, 5.74) is 2.67. The Kier molecular flexibility index (Phi) is 6.25. The number of hydrogen-bond donors (Lipinski definition) is 1. The number of nitrogens with one attached hydrogen (secondary N) is 1. The molecule has 2 rings (SSSR count). The highest BCUT2D eigenvalue weighted by Gasteiger charge is 2.22. The first-order valence-corrected chi connectivity index (χ1v) is 10.1. The van der Waals surface area contributed by atoms with Crippen LogP contribution in [0.15, 0.2) is 41.0 Å². The van der Waals surface area contributed by atoms with E-state index in [9.17, 15) is 13.2 Å². The number of anilines is 1. The van der Waals surface area contributed by atoms with Crippen LogP contribution in [0.25, 0.3) is 0 Å². The van der Waals surface area contributed by atoms with Crippen LogP contribution in [0.4, 0.5) is 5.69 Å². The van der Waals surface area contributed by atoms with E-state index in [0.29, 0.717) is 0 Å². The number of nitrogens with zero attached hydrogens (tertiary/aromatic N) is 1. The molecule has 6 nitrogen and oxygen atoms in total. The van der Waals surface area contributed by atoms with E-state index in [4.69, 9.17) is 4.42 Å². The highest BCUT2D eigenvalue weighted by atomic mass is 32.2. The lowest BCUT2D eigenvalue weighted by Gasteiger charge is -2.27. The molecule has 136 valence electrons. The molecule has 1 amide bonds. The fourth-order valence-corrected chi connectivity index (χ4v) is 3.73. The van der Waals surface area contributed by atoms with E-state index < -0.39 is 10.0 Å². The Labute approximate surface area is 148 Å². The second-order valence-corrected chi connectivity index (χ2v) is 7.61. The van der Waals surface area contributed by atoms with Crippen molar-refractivity contribution in [3.8, 4) is 0 Å². The predicted molar refractivity (Wildman–Crippen MR) is 98.4 cm³/mol. The first kappa shape index (κ1) is 19.1. The van der Waals surface area contributed by atoms with E-state index in [0.717, 1.165) is 29.7 Å². The highest BCUT2D eigenvalue weighted by molar-refractivity contribution is 7.92. The zero-order chi connectivity index (χ0) is 18.4. The number of para-hydroxylation sites is 1. The summed E-state index contributed by atoms with van der Waals surface area (Å²) in [6, 6.07) is 9.01. The van der Waals surface area contributed by atoms with E-state index in [2.05, 4.69) is 5.32 Å². The summed E-state index contributed by atoms with van der Waals surface area (Å²) in [5.74, 6) is -0.160. The van der Waals surface area contributed by atoms with Crippen LogP contribution in [0.1, 0.15) is 35.5 Å². The topological polar surface area (TPSA) is 79.6 Å². The van der Waals surface area contributed by atoms with Gasteiger partial charge in [-0.15, -0.1) is 0 Å². The summed E-state index contributed by atoms with van der Waals surface area (Å²) >= 11 is 0. The number of aryl methyl sites for hydroxylation is 2. The van der Waals surface area contributed by atoms with E-state index in [1.807, 2.05) is 32.0 Å². The van der Waals surface area contributed by atoms with E-state index in [1.165, 1.54) is 16.8 Å². The van der Waals surface area contributed by atoms with Crippen LogP contribution in [-0.4, -0.2) is 33.7 Å². The molecule has 1 heterocycles. The van der Waals surface area contributed by atoms with Crippen LogP contribution < -0.4 is 9.62 Å². The standard InChI is InChI=1S/C18H24N2O4S/c1-4-14-8-6-9-15(5-2)17(14)20(25(3,22)23)12-11-19-18(21)16-10-7-13-24-16/h6-10,13H,4-5,11-12H2,1-3H3,(H,19,21). The SMILES string of the molecule is CCc1cccc(CC)c1N(CCNC(=O)c1ccco1)S(C)(=O)=O. The summed E-state index contributed by atoms with van der Waals surface area (Å²) in [6.07, 6.45) is 4.07. The minimum atomic E-state index is -3.48. The third-order valence-corrected chi connectivity index (χ3v) is 5.13. The van der Waals surface area contributed by atoms with E-state index in [1.54, 1.807) is 12.1 Å². The van der Waals surface area contributed by atoms with Crippen LogP contribution in [0, 0.1) is 0 Å². The predicted octanol–water partition coefficient (Wildman–Crippen LogP) is 2.60. The van der Waals surface area contributed by atoms with E-state index >= 15 is 0 Å². The summed E-state index contributed by atoms with van der Waals surface area (Å²) in [6.45, 7) is 4.35. The average molecular weight is 364 g/mol. The maximum Gasteiger partial charge on any atom is 0.287 e. The first-order chi connectivity index (χ1) is 11.9. The summed E-state index contributed by atoms with van der Waals surface area (Å²) < 4.78 is 31.2. The van der Waals surface area contributed by atoms with Crippen molar-refractivity contribution in [2.24, 2.45) is 0 Å². The molecule has 0 radical (unpaired) electrons. The average Bonchev–Trinajstić information content (AvgIpc) is 3.11. The number of rotatable bonds is 8. The minimum Gasteiger partial charge on any atom is -0.459 e. The molecule has 0 saturated heterocycles. The highest BCUT2D eigenvalue weighted by Crippen LogP contribution is 2.28. The molecule has 7 heteroatoms. The van der Waals surface area contributed by atoms with Gasteiger partial charge in [0, 0.05) is 6.54 Å². The van der Waals surface area contributed by atoms with Crippen LogP contribution in [0.3, 0.4) is 0 Å². The maximum atomic E-state index is 12.4. The van der Waals surface area contributed by atoms with Crippen LogP contribution in [0.2, 0.25) is 0 Å². The molecule has 0 bridgehead atoms. The Morgan fingerprint density at radius 2 is 1.76 bits per heavy atom. The molecule has 1 aromatic heterocycles. The second kappa shape index (κ2) is 8.20. The maximum absolute atomic E-state index is 12.4. The molecule has 0 unspecified atom stereocenters. The quantitative estimate of drug-likeness (QED) is 0.781. The Bertz CT molecular complexity index is 791. The largest absolute Gasteiger partial charge is 0.459 e. The number of benzene rings is 1. The fourth-order valence-electron chi connectivity index (χ4n) is 2.74. The Hall–Kier alpha value is -2.28. The van der Waals surface area contributed by atoms with Gasteiger partial charge in [-0.25, -0.2) is 8.42 Å². The van der Waals surface area contributed by atoms with Crippen molar-refractivity contribution in [2.75, 3.05) is 23.7 Å². The summed E-state index contributed by atoms with van der Waals surface area (Å²) in [7, 11) is -3.48. The van der Waals surface area contributed by atoms with Gasteiger partial charge in [0.25, 0.3) is 5.91 Å². The number of amides is 1. The molecule has 0 aliphatic heterocycles. The van der Waals surface area contributed by atoms with Crippen molar-refractivity contribution >= 4 is 21.6 Å². The Morgan fingerprint density at radius 1 is 1.12 bits per heavy atom. The minimum absolute atomic E-state index is 0.162. The van der Waals surface area contributed by atoms with Gasteiger partial charge in [-0.2, -0.15) is 0 Å². The summed E-state index contributed by atoms with van der Waals surface area (Å²) in [5, 5.41) is 2.69. The zero-order valence-electron chi connectivity index (χ0n) is 14.8. The first-order valence-electron chi connectivity index (χ1n) is 8.28. The number of furan rings is 1. The molecular formula is C18H24N2O4S. The smallest absolute Gasteiger partial charge is 0.287 e. The third kappa shape index (κ3) is 4.63. The van der Waals surface area contributed by atoms with Gasteiger partial charge >= 0.3 is 0 Å². The van der Waals surface area contributed by atoms with Gasteiger partial charge in [-0.3, -0.25) is 9.10 Å². The molecule has 2 aromatic rings. The van der Waals surface area contributed by atoms with Gasteiger partial charge in [0.2, 0.25) is 10.0 Å². The molecule has 1 N–H and O–H groups in total. The molecular weight excluding hydrogens is 340 g/mol. The van der Waals surface area contributed by atoms with Crippen molar-refractivity contribution in [1.82, 2.24) is 5.32 Å². The summed E-state index contributed by atoms with van der Waals surface area (Å²) in [4.78, 5) is 11.9. The molecule has 0 spiro atoms. The zero-order valence-corrected chi connectivity index (χ0v) is 15.6. The number of carbonyl (C=O) groups excluding carboxylic acids is 1. The third-order valence-electron chi connectivity index (χ3n) is 3.96. The van der Waals surface area contributed by atoms with Crippen LogP contribution in [-0.2, 0) is 22.9 Å². The van der Waals surface area contributed by atoms with Crippen molar-refractivity contribution in [1.29, 1.82) is 0 Å². The van der Waals surface area contributed by atoms with E-state index in [-0.39, 0.29) is 24.8 Å². The van der Waals surface area contributed by atoms with Gasteiger partial charge in [0.1, 0.15) is 0 Å². The number of carbonyl (C=O) groups is 1. The monoisotopic (exact) mass is 364 g/mol. The van der Waals surface area contributed by atoms with Crippen LogP contribution >= 0.6 is 0 Å². The van der Waals surface area contributed by atoms with Gasteiger partial charge in [-0.1, -0.05) is 32.0 Å². The van der Waals surface area contributed by atoms with Crippen molar-refractivity contribution < 1.29 is 17.6 Å². The Morgan fingerprint density at radius 3 is 2.24 bits per heavy atom. The van der Waals surface area contributed by atoms with Crippen molar-refractivity contribution in [3.05, 3.63) is 53.5 Å². The molecule has 0 saturated carbocycles. The van der Waals surface area contributed by atoms with Crippen molar-refractivity contribution in [3.63, 3.8) is 0 Å². The Balaban J connectivity index is 2.22. The molecule has 0 atom stereocenters. The van der Waals surface area contributed by atoms with Gasteiger partial charge in [0.05, 0.1) is 24.8 Å². The van der Waals surface area contributed by atoms with Gasteiger partial charge in [0.15, 0.2) is 5.76 Å². The molecule has 0 fully saturated rings. The van der Waals surface area contributed by atoms with Crippen molar-refractivity contribution in [2.45, 2.75) is 26.7 Å². The number of hydrogen-bond acceptors (Lipinski definition) is 4. The molecule has 1 aromatic carbocycles. The number of sulfonamides is 1. The lowest BCUT2D eigenvalue weighted by molar-refractivity contribution is 0.0927. The molecule has 0 aliphatic rings. The van der Waals surface area contributed by atoms with Crippen LogP contribution in [0.5, 0.6) is 0 Å². The van der Waals surface area contributed by atoms with Gasteiger partial charge < -0.3 is 9.73 Å². The normalized spacial score (nSPS) is 11.3. The lowest BCUT2D eigenvalue weighted by Crippen LogP contribution is -2.39. The second-order valence-electron chi connectivity index (χ2n) is 5.70. The molecule has 0 aliphatic carbocycles. The lowest BCUT2D eigenvalue weighted by atomic mass is 10.0. The fraction of sp³-hybridized carbons (Fsp3) is 0.389. The van der Waals surface area contributed by atoms with Gasteiger partial charge in [-0.05, 0) is 36.1 Å².